The minimum absolute atomic E-state index is 0.156. The first-order valence-corrected chi connectivity index (χ1v) is 5.88. The molecule has 90 valence electrons. The molecule has 18 heavy (non-hydrogen) atoms. The summed E-state index contributed by atoms with van der Waals surface area (Å²) in [4.78, 5) is 27.9. The number of rotatable bonds is 1. The Morgan fingerprint density at radius 1 is 1.11 bits per heavy atom. The monoisotopic (exact) mass is 240 g/mol. The predicted octanol–water partition coefficient (Wildman–Crippen LogP) is 2.24. The number of carbonyl (C=O) groups excluding carboxylic acids is 2. The quantitative estimate of drug-likeness (QED) is 0.778. The summed E-state index contributed by atoms with van der Waals surface area (Å²) in [6, 6.07) is 7.59. The molecular weight excluding hydrogens is 228 g/mol. The number of imide groups is 1. The standard InChI is InChI=1S/C14H12N2O2/c1-7(2)10-8-5-3-4-6-9(8)15-12-11(10)13(17)16-14(12)18/h3-7H,1-2H3,(H,16,17,18). The number of fused-ring (bicyclic) bond motifs is 2. The number of carbonyl (C=O) groups is 2. The number of aromatic nitrogens is 1. The maximum Gasteiger partial charge on any atom is 0.277 e. The fourth-order valence-corrected chi connectivity index (χ4v) is 2.46. The highest BCUT2D eigenvalue weighted by molar-refractivity contribution is 6.22. The van der Waals surface area contributed by atoms with Gasteiger partial charge in [0, 0.05) is 5.39 Å². The predicted molar refractivity (Wildman–Crippen MR) is 67.6 cm³/mol. The van der Waals surface area contributed by atoms with Gasteiger partial charge in [-0.1, -0.05) is 32.0 Å². The second-order valence-electron chi connectivity index (χ2n) is 4.70. The van der Waals surface area contributed by atoms with Gasteiger partial charge in [0.15, 0.2) is 0 Å². The Kier molecular flexibility index (Phi) is 2.20. The Morgan fingerprint density at radius 2 is 1.83 bits per heavy atom. The molecule has 1 aromatic heterocycles. The van der Waals surface area contributed by atoms with E-state index in [4.69, 9.17) is 0 Å². The van der Waals surface area contributed by atoms with Crippen LogP contribution in [0.5, 0.6) is 0 Å². The molecule has 0 bridgehead atoms. The van der Waals surface area contributed by atoms with Crippen LogP contribution in [0.3, 0.4) is 0 Å². The van der Waals surface area contributed by atoms with E-state index in [1.165, 1.54) is 0 Å². The van der Waals surface area contributed by atoms with Crippen LogP contribution >= 0.6 is 0 Å². The highest BCUT2D eigenvalue weighted by Crippen LogP contribution is 2.31. The van der Waals surface area contributed by atoms with E-state index in [2.05, 4.69) is 10.3 Å². The van der Waals surface area contributed by atoms with E-state index in [-0.39, 0.29) is 17.5 Å². The van der Waals surface area contributed by atoms with Crippen molar-refractivity contribution in [2.45, 2.75) is 19.8 Å². The third kappa shape index (κ3) is 1.35. The SMILES string of the molecule is CC(C)c1c2c(nc3ccccc13)C(=O)NC2=O. The number of para-hydroxylation sites is 1. The average molecular weight is 240 g/mol. The molecule has 4 nitrogen and oxygen atoms in total. The van der Waals surface area contributed by atoms with Crippen LogP contribution in [0.15, 0.2) is 24.3 Å². The molecule has 4 heteroatoms. The van der Waals surface area contributed by atoms with Gasteiger partial charge in [0.25, 0.3) is 11.8 Å². The Bertz CT molecular complexity index is 689. The molecule has 0 fully saturated rings. The van der Waals surface area contributed by atoms with Gasteiger partial charge in [0.05, 0.1) is 11.1 Å². The molecule has 0 aliphatic carbocycles. The van der Waals surface area contributed by atoms with Crippen molar-refractivity contribution >= 4 is 22.7 Å². The number of pyridine rings is 1. The first-order chi connectivity index (χ1) is 8.59. The highest BCUT2D eigenvalue weighted by Gasteiger charge is 2.33. The Hall–Kier alpha value is -2.23. The van der Waals surface area contributed by atoms with Crippen molar-refractivity contribution in [3.63, 3.8) is 0 Å². The molecule has 0 saturated carbocycles. The normalized spacial score (nSPS) is 14.2. The molecule has 0 spiro atoms. The van der Waals surface area contributed by atoms with Crippen LogP contribution < -0.4 is 5.32 Å². The molecule has 1 N–H and O–H groups in total. The van der Waals surface area contributed by atoms with Crippen molar-refractivity contribution in [2.75, 3.05) is 0 Å². The highest BCUT2D eigenvalue weighted by atomic mass is 16.2. The molecule has 1 aromatic carbocycles. The summed E-state index contributed by atoms with van der Waals surface area (Å²) in [5.74, 6) is -0.581. The number of hydrogen-bond acceptors (Lipinski definition) is 3. The minimum Gasteiger partial charge on any atom is -0.287 e. The van der Waals surface area contributed by atoms with Gasteiger partial charge < -0.3 is 0 Å². The Balaban J connectivity index is 2.50. The number of amides is 2. The third-order valence-corrected chi connectivity index (χ3v) is 3.18. The van der Waals surface area contributed by atoms with E-state index in [0.717, 1.165) is 16.5 Å². The zero-order chi connectivity index (χ0) is 12.9. The van der Waals surface area contributed by atoms with Crippen molar-refractivity contribution in [1.82, 2.24) is 10.3 Å². The summed E-state index contributed by atoms with van der Waals surface area (Å²) in [5.41, 5.74) is 2.35. The van der Waals surface area contributed by atoms with E-state index in [9.17, 15) is 9.59 Å². The van der Waals surface area contributed by atoms with E-state index >= 15 is 0 Å². The van der Waals surface area contributed by atoms with Crippen molar-refractivity contribution in [2.24, 2.45) is 0 Å². The lowest BCUT2D eigenvalue weighted by molar-refractivity contribution is 0.0878. The van der Waals surface area contributed by atoms with Crippen molar-refractivity contribution in [1.29, 1.82) is 0 Å². The van der Waals surface area contributed by atoms with Crippen LogP contribution in [0.25, 0.3) is 10.9 Å². The largest absolute Gasteiger partial charge is 0.287 e. The van der Waals surface area contributed by atoms with Crippen molar-refractivity contribution in [3.8, 4) is 0 Å². The zero-order valence-corrected chi connectivity index (χ0v) is 10.2. The van der Waals surface area contributed by atoms with E-state index in [1.807, 2.05) is 38.1 Å². The lowest BCUT2D eigenvalue weighted by atomic mass is 9.92. The summed E-state index contributed by atoms with van der Waals surface area (Å²) in [6.07, 6.45) is 0. The molecule has 2 aromatic rings. The molecule has 0 unspecified atom stereocenters. The van der Waals surface area contributed by atoms with Gasteiger partial charge in [0.1, 0.15) is 5.69 Å². The van der Waals surface area contributed by atoms with Gasteiger partial charge in [-0.15, -0.1) is 0 Å². The smallest absolute Gasteiger partial charge is 0.277 e. The van der Waals surface area contributed by atoms with Crippen LogP contribution in [0.4, 0.5) is 0 Å². The van der Waals surface area contributed by atoms with E-state index in [0.29, 0.717) is 5.56 Å². The maximum atomic E-state index is 11.9. The van der Waals surface area contributed by atoms with Gasteiger partial charge >= 0.3 is 0 Å². The third-order valence-electron chi connectivity index (χ3n) is 3.18. The number of hydrogen-bond donors (Lipinski definition) is 1. The molecule has 0 saturated heterocycles. The van der Waals surface area contributed by atoms with Crippen LogP contribution in [0.1, 0.15) is 46.2 Å². The summed E-state index contributed by atoms with van der Waals surface area (Å²) >= 11 is 0. The van der Waals surface area contributed by atoms with E-state index < -0.39 is 5.91 Å². The van der Waals surface area contributed by atoms with Gasteiger partial charge in [-0.2, -0.15) is 0 Å². The molecule has 2 heterocycles. The minimum atomic E-state index is -0.400. The van der Waals surface area contributed by atoms with Gasteiger partial charge in [-0.05, 0) is 17.5 Å². The van der Waals surface area contributed by atoms with Gasteiger partial charge in [-0.25, -0.2) is 4.98 Å². The number of nitrogens with zero attached hydrogens (tertiary/aromatic N) is 1. The van der Waals surface area contributed by atoms with Crippen molar-refractivity contribution < 1.29 is 9.59 Å². The fraction of sp³-hybridized carbons (Fsp3) is 0.214. The summed E-state index contributed by atoms with van der Waals surface area (Å²) in [6.45, 7) is 4.02. The molecular formula is C14H12N2O2. The van der Waals surface area contributed by atoms with E-state index in [1.54, 1.807) is 0 Å². The molecule has 3 rings (SSSR count). The van der Waals surface area contributed by atoms with Crippen molar-refractivity contribution in [3.05, 3.63) is 41.1 Å². The molecule has 2 amide bonds. The molecule has 0 atom stereocenters. The lowest BCUT2D eigenvalue weighted by Crippen LogP contribution is -2.20. The molecule has 1 aliphatic rings. The zero-order valence-electron chi connectivity index (χ0n) is 10.2. The van der Waals surface area contributed by atoms with Crippen LogP contribution in [0.2, 0.25) is 0 Å². The molecule has 1 aliphatic heterocycles. The number of benzene rings is 1. The maximum absolute atomic E-state index is 11.9. The lowest BCUT2D eigenvalue weighted by Gasteiger charge is -2.12. The first-order valence-electron chi connectivity index (χ1n) is 5.88. The molecule has 0 radical (unpaired) electrons. The topological polar surface area (TPSA) is 59.1 Å². The fourth-order valence-electron chi connectivity index (χ4n) is 2.46. The van der Waals surface area contributed by atoms with Crippen LogP contribution in [-0.2, 0) is 0 Å². The second kappa shape index (κ2) is 3.63. The average Bonchev–Trinajstić information content (AvgIpc) is 2.62. The Morgan fingerprint density at radius 3 is 2.56 bits per heavy atom. The number of nitrogens with one attached hydrogen (secondary N) is 1. The van der Waals surface area contributed by atoms with Gasteiger partial charge in [0.2, 0.25) is 0 Å². The Labute approximate surface area is 104 Å². The summed E-state index contributed by atoms with van der Waals surface area (Å²) < 4.78 is 0. The summed E-state index contributed by atoms with van der Waals surface area (Å²) in [7, 11) is 0. The second-order valence-corrected chi connectivity index (χ2v) is 4.70. The summed E-state index contributed by atoms with van der Waals surface area (Å²) in [5, 5.41) is 3.25. The van der Waals surface area contributed by atoms with Crippen LogP contribution in [-0.4, -0.2) is 16.8 Å². The first kappa shape index (κ1) is 10.9. The van der Waals surface area contributed by atoms with Gasteiger partial charge in [-0.3, -0.25) is 14.9 Å². The van der Waals surface area contributed by atoms with Crippen LogP contribution in [0, 0.1) is 0 Å².